The normalized spacial score (nSPS) is 12.7. The van der Waals surface area contributed by atoms with Gasteiger partial charge in [-0.2, -0.15) is 0 Å². The second kappa shape index (κ2) is 17.5. The van der Waals surface area contributed by atoms with Crippen molar-refractivity contribution in [2.75, 3.05) is 9.80 Å². The molecule has 0 N–H and O–H groups in total. The fourth-order valence-electron chi connectivity index (χ4n) is 14.4. The highest BCUT2D eigenvalue weighted by molar-refractivity contribution is 6.20. The van der Waals surface area contributed by atoms with Crippen molar-refractivity contribution < 1.29 is 0 Å². The molecule has 3 aromatic heterocycles. The summed E-state index contributed by atoms with van der Waals surface area (Å²) in [6.45, 7) is 22.4. The minimum atomic E-state index is -0.170. The predicted octanol–water partition coefficient (Wildman–Crippen LogP) is 20.8. The number of nitrogens with zero attached hydrogens (tertiary/aromatic N) is 5. The summed E-state index contributed by atoms with van der Waals surface area (Å²) in [6, 6.07) is 75.5. The molecule has 0 bridgehead atoms. The first-order chi connectivity index (χ1) is 39.8. The summed E-state index contributed by atoms with van der Waals surface area (Å²) in [6.07, 6.45) is 0. The highest BCUT2D eigenvalue weighted by Gasteiger charge is 2.46. The number of fused-ring (bicyclic) bond motifs is 13. The van der Waals surface area contributed by atoms with Crippen molar-refractivity contribution in [1.82, 2.24) is 13.7 Å². The van der Waals surface area contributed by atoms with Crippen LogP contribution >= 0.6 is 0 Å². The minimum absolute atomic E-state index is 0.170. The molecule has 0 atom stereocenters. The number of hydrogen-bond acceptors (Lipinski definition) is 2. The van der Waals surface area contributed by atoms with E-state index in [0.717, 1.165) is 50.8 Å². The second-order valence-corrected chi connectivity index (χ2v) is 24.2. The van der Waals surface area contributed by atoms with Crippen LogP contribution in [0.3, 0.4) is 0 Å². The lowest BCUT2D eigenvalue weighted by Gasteiger charge is -2.43. The number of rotatable bonds is 7. The molecule has 0 fully saturated rings. The molecule has 396 valence electrons. The van der Waals surface area contributed by atoms with Gasteiger partial charge >= 0.3 is 0 Å². The first-order valence-electron chi connectivity index (χ1n) is 29.0. The van der Waals surface area contributed by atoms with Crippen molar-refractivity contribution in [2.24, 2.45) is 0 Å². The molecule has 5 heterocycles. The number of aromatic nitrogens is 3. The van der Waals surface area contributed by atoms with Crippen molar-refractivity contribution in [1.29, 1.82) is 0 Å². The third-order valence-corrected chi connectivity index (χ3v) is 18.1. The number of aryl methyl sites for hydroxylation is 10. The number of benzene rings is 11. The Morgan fingerprint density at radius 2 is 0.524 bits per heavy atom. The van der Waals surface area contributed by atoms with Gasteiger partial charge in [-0.25, -0.2) is 0 Å². The van der Waals surface area contributed by atoms with Crippen molar-refractivity contribution in [2.45, 2.75) is 75.2 Å². The lowest BCUT2D eigenvalue weighted by Crippen LogP contribution is -2.29. The van der Waals surface area contributed by atoms with Gasteiger partial charge in [0.2, 0.25) is 0 Å². The van der Waals surface area contributed by atoms with E-state index in [1.54, 1.807) is 0 Å². The summed E-state index contributed by atoms with van der Waals surface area (Å²) in [5, 5.41) is 7.54. The molecular weight excluding hydrogens is 995 g/mol. The first kappa shape index (κ1) is 48.3. The van der Waals surface area contributed by atoms with Gasteiger partial charge in [-0.1, -0.05) is 141 Å². The highest BCUT2D eigenvalue weighted by Crippen LogP contribution is 2.64. The zero-order chi connectivity index (χ0) is 55.7. The number of hydrogen-bond donors (Lipinski definition) is 0. The van der Waals surface area contributed by atoms with Crippen LogP contribution in [0.2, 0.25) is 0 Å². The van der Waals surface area contributed by atoms with E-state index >= 15 is 0 Å². The van der Waals surface area contributed by atoms with Crippen molar-refractivity contribution in [3.63, 3.8) is 0 Å². The third-order valence-electron chi connectivity index (χ3n) is 18.1. The maximum atomic E-state index is 2.71. The minimum Gasteiger partial charge on any atom is -0.307 e. The average Bonchev–Trinajstić information content (AvgIpc) is 1.37. The molecule has 5 heteroatoms. The molecule has 14 aromatic rings. The molecule has 0 saturated heterocycles. The summed E-state index contributed by atoms with van der Waals surface area (Å²) < 4.78 is 8.09. The van der Waals surface area contributed by atoms with E-state index in [0.29, 0.717) is 0 Å². The lowest BCUT2D eigenvalue weighted by atomic mass is 9.76. The molecule has 16 rings (SSSR count). The standard InChI is InChI=1S/C77H63N5/c1-43-11-23-53(24-12-43)78(54-25-13-44(2)14-26-54)75-73-70-69(63-41-51(9)39-61-59-37-49(7)21-33-67(59)81(73)71(61)63)64-42-52(10)40-62-60-38-50(8)22-34-68(60)82(72(62)64)74(70)76(79(55-27-15-45(3)16-28-55)56-29-17-46(4)18-30-56)77(75)80-65-31-19-47(5)35-57(65)58-36-48(6)20-32-66(58)80/h11-42,69H,1-10H3. The van der Waals surface area contributed by atoms with Crippen LogP contribution in [-0.4, -0.2) is 13.7 Å². The Labute approximate surface area is 479 Å². The predicted molar refractivity (Wildman–Crippen MR) is 347 cm³/mol. The smallest absolute Gasteiger partial charge is 0.0990 e. The molecule has 2 aliphatic heterocycles. The SMILES string of the molecule is Cc1ccc(N(c2ccc(C)cc2)c2c(-n3c4ccc(C)cc4c4cc(C)ccc43)c(N(c3ccc(C)cc3)c3ccc(C)cc3)c3c4c2-n2c5ccc(C)cc5c5cc(C)cc(c52)C4c2cc(C)cc4c5cc(C)ccc5n-3c24)cc1. The van der Waals surface area contributed by atoms with Crippen LogP contribution in [0.25, 0.3) is 82.5 Å². The maximum Gasteiger partial charge on any atom is 0.0990 e. The molecule has 0 radical (unpaired) electrons. The second-order valence-electron chi connectivity index (χ2n) is 24.2. The molecule has 5 nitrogen and oxygen atoms in total. The Bertz CT molecular complexity index is 4660. The fraction of sp³-hybridized carbons (Fsp3) is 0.143. The molecular formula is C77H63N5. The summed E-state index contributed by atoms with van der Waals surface area (Å²) >= 11 is 0. The van der Waals surface area contributed by atoms with Crippen LogP contribution in [0.4, 0.5) is 34.1 Å². The summed E-state index contributed by atoms with van der Waals surface area (Å²) in [4.78, 5) is 5.24. The van der Waals surface area contributed by atoms with Crippen molar-refractivity contribution in [3.8, 4) is 17.1 Å². The van der Waals surface area contributed by atoms with Crippen LogP contribution in [0.1, 0.15) is 78.2 Å². The fourth-order valence-corrected chi connectivity index (χ4v) is 14.4. The Kier molecular flexibility index (Phi) is 10.3. The van der Waals surface area contributed by atoms with Gasteiger partial charge in [0, 0.05) is 66.5 Å². The zero-order valence-electron chi connectivity index (χ0n) is 48.3. The molecule has 0 spiro atoms. The van der Waals surface area contributed by atoms with Gasteiger partial charge in [-0.3, -0.25) is 0 Å². The van der Waals surface area contributed by atoms with E-state index in [1.165, 1.54) is 138 Å². The van der Waals surface area contributed by atoms with E-state index in [-0.39, 0.29) is 5.92 Å². The lowest BCUT2D eigenvalue weighted by molar-refractivity contribution is 0.875. The Morgan fingerprint density at radius 1 is 0.256 bits per heavy atom. The molecule has 2 aliphatic rings. The van der Waals surface area contributed by atoms with E-state index in [4.69, 9.17) is 0 Å². The Morgan fingerprint density at radius 3 is 0.841 bits per heavy atom. The molecule has 0 saturated carbocycles. The van der Waals surface area contributed by atoms with Gasteiger partial charge in [0.15, 0.2) is 0 Å². The first-order valence-corrected chi connectivity index (χ1v) is 29.0. The van der Waals surface area contributed by atoms with Crippen molar-refractivity contribution >= 4 is 99.5 Å². The zero-order valence-corrected chi connectivity index (χ0v) is 48.3. The summed E-state index contributed by atoms with van der Waals surface area (Å²) in [7, 11) is 0. The van der Waals surface area contributed by atoms with Crippen LogP contribution in [0, 0.1) is 69.2 Å². The third kappa shape index (κ3) is 6.86. The topological polar surface area (TPSA) is 21.3 Å². The summed E-state index contributed by atoms with van der Waals surface area (Å²) in [5.41, 5.74) is 33.4. The van der Waals surface area contributed by atoms with Gasteiger partial charge in [0.1, 0.15) is 0 Å². The van der Waals surface area contributed by atoms with Gasteiger partial charge in [-0.15, -0.1) is 0 Å². The Hall–Kier alpha value is -9.58. The highest BCUT2D eigenvalue weighted by atomic mass is 15.3. The monoisotopic (exact) mass is 1060 g/mol. The average molecular weight is 1060 g/mol. The molecule has 82 heavy (non-hydrogen) atoms. The molecule has 11 aromatic carbocycles. The van der Waals surface area contributed by atoms with Crippen molar-refractivity contribution in [3.05, 3.63) is 266 Å². The van der Waals surface area contributed by atoms with Crippen LogP contribution < -0.4 is 9.80 Å². The quantitative estimate of drug-likeness (QED) is 0.159. The Balaban J connectivity index is 1.28. The maximum absolute atomic E-state index is 2.71. The molecule has 0 amide bonds. The van der Waals surface area contributed by atoms with Gasteiger partial charge in [0.25, 0.3) is 0 Å². The van der Waals surface area contributed by atoms with Gasteiger partial charge in [-0.05, 0) is 190 Å². The van der Waals surface area contributed by atoms with E-state index in [2.05, 4.69) is 287 Å². The summed E-state index contributed by atoms with van der Waals surface area (Å²) in [5.74, 6) is -0.170. The van der Waals surface area contributed by atoms with E-state index < -0.39 is 0 Å². The molecule has 0 aliphatic carbocycles. The van der Waals surface area contributed by atoms with E-state index in [9.17, 15) is 0 Å². The van der Waals surface area contributed by atoms with Gasteiger partial charge < -0.3 is 23.5 Å². The van der Waals surface area contributed by atoms with E-state index in [1.807, 2.05) is 0 Å². The van der Waals surface area contributed by atoms with Crippen LogP contribution in [-0.2, 0) is 0 Å². The number of anilines is 6. The van der Waals surface area contributed by atoms with Crippen LogP contribution in [0.15, 0.2) is 194 Å². The van der Waals surface area contributed by atoms with Gasteiger partial charge in [0.05, 0.1) is 61.5 Å². The molecule has 0 unspecified atom stereocenters. The van der Waals surface area contributed by atoms with Crippen LogP contribution in [0.5, 0.6) is 0 Å². The largest absolute Gasteiger partial charge is 0.307 e.